The number of hydrogen-bond acceptors (Lipinski definition) is 7. The highest BCUT2D eigenvalue weighted by molar-refractivity contribution is 5.86. The fourth-order valence-electron chi connectivity index (χ4n) is 3.61. The van der Waals surface area contributed by atoms with Gasteiger partial charge >= 0.3 is 0 Å². The van der Waals surface area contributed by atoms with Crippen LogP contribution in [0.5, 0.6) is 5.75 Å². The third kappa shape index (κ3) is 3.79. The fourth-order valence-corrected chi connectivity index (χ4v) is 3.61. The molecule has 7 heteroatoms. The molecule has 0 spiro atoms. The molecule has 0 bridgehead atoms. The monoisotopic (exact) mass is 402 g/mol. The molecule has 1 aliphatic rings. The Hall–Kier alpha value is -3.58. The van der Waals surface area contributed by atoms with Gasteiger partial charge < -0.3 is 24.5 Å². The van der Waals surface area contributed by atoms with Gasteiger partial charge in [-0.3, -0.25) is 0 Å². The Morgan fingerprint density at radius 3 is 2.67 bits per heavy atom. The number of aromatic hydroxyl groups is 1. The maximum atomic E-state index is 10.3. The summed E-state index contributed by atoms with van der Waals surface area (Å²) in [5.41, 5.74) is 4.11. The molecule has 30 heavy (non-hydrogen) atoms. The van der Waals surface area contributed by atoms with Crippen LogP contribution in [0.3, 0.4) is 0 Å². The number of nitrogens with one attached hydrogen (secondary N) is 1. The average molecular weight is 402 g/mol. The van der Waals surface area contributed by atoms with Gasteiger partial charge in [0.2, 0.25) is 0 Å². The van der Waals surface area contributed by atoms with Gasteiger partial charge in [0.1, 0.15) is 11.3 Å². The largest absolute Gasteiger partial charge is 0.508 e. The number of furan rings is 1. The number of anilines is 2. The maximum absolute atomic E-state index is 10.3. The first-order chi connectivity index (χ1) is 14.8. The van der Waals surface area contributed by atoms with E-state index in [-0.39, 0.29) is 5.75 Å². The summed E-state index contributed by atoms with van der Waals surface area (Å²) >= 11 is 0. The minimum atomic E-state index is 0.159. The summed E-state index contributed by atoms with van der Waals surface area (Å²) in [6.45, 7) is 3.46. The molecular weight excluding hydrogens is 380 g/mol. The second-order valence-electron chi connectivity index (χ2n) is 7.21. The highest BCUT2D eigenvalue weighted by atomic mass is 16.5. The lowest BCUT2D eigenvalue weighted by molar-refractivity contribution is 0.122. The number of hydrogen-bond donors (Lipinski definition) is 2. The van der Waals surface area contributed by atoms with E-state index >= 15 is 0 Å². The summed E-state index contributed by atoms with van der Waals surface area (Å²) < 4.78 is 11.1. The first-order valence-corrected chi connectivity index (χ1v) is 9.96. The number of morpholine rings is 1. The number of ether oxygens (including phenoxy) is 1. The van der Waals surface area contributed by atoms with Gasteiger partial charge in [0, 0.05) is 43.0 Å². The van der Waals surface area contributed by atoms with Crippen LogP contribution in [0.1, 0.15) is 5.56 Å². The zero-order valence-corrected chi connectivity index (χ0v) is 16.4. The Kier molecular flexibility index (Phi) is 4.94. The average Bonchev–Trinajstić information content (AvgIpc) is 3.27. The van der Waals surface area contributed by atoms with E-state index in [1.807, 2.05) is 30.3 Å². The van der Waals surface area contributed by atoms with Gasteiger partial charge in [-0.15, -0.1) is 0 Å². The van der Waals surface area contributed by atoms with Crippen LogP contribution in [0.15, 0.2) is 65.3 Å². The van der Waals surface area contributed by atoms with E-state index in [4.69, 9.17) is 14.1 Å². The van der Waals surface area contributed by atoms with Gasteiger partial charge in [-0.05, 0) is 17.7 Å². The van der Waals surface area contributed by atoms with E-state index < -0.39 is 0 Å². The number of nitrogens with zero attached hydrogens (tertiary/aromatic N) is 3. The van der Waals surface area contributed by atoms with Crippen molar-refractivity contribution in [1.29, 1.82) is 0 Å². The molecule has 0 aliphatic carbocycles. The van der Waals surface area contributed by atoms with Crippen molar-refractivity contribution in [1.82, 2.24) is 9.97 Å². The number of benzene rings is 2. The van der Waals surface area contributed by atoms with Crippen molar-refractivity contribution < 1.29 is 14.3 Å². The number of aromatic nitrogens is 2. The second kappa shape index (κ2) is 8.04. The van der Waals surface area contributed by atoms with Gasteiger partial charge in [0.05, 0.1) is 19.5 Å². The number of phenols is 1. The Balaban J connectivity index is 1.49. The van der Waals surface area contributed by atoms with Crippen molar-refractivity contribution in [3.05, 3.63) is 66.4 Å². The van der Waals surface area contributed by atoms with Gasteiger partial charge in [-0.2, -0.15) is 0 Å². The molecule has 3 heterocycles. The summed E-state index contributed by atoms with van der Waals surface area (Å²) in [4.78, 5) is 11.6. The molecule has 0 amide bonds. The molecule has 7 nitrogen and oxygen atoms in total. The van der Waals surface area contributed by atoms with E-state index in [9.17, 15) is 5.11 Å². The molecule has 152 valence electrons. The van der Waals surface area contributed by atoms with Crippen molar-refractivity contribution in [3.63, 3.8) is 0 Å². The Labute approximate surface area is 173 Å². The molecule has 0 unspecified atom stereocenters. The molecule has 1 aliphatic heterocycles. The molecule has 0 saturated carbocycles. The third-order valence-electron chi connectivity index (χ3n) is 5.11. The van der Waals surface area contributed by atoms with Crippen molar-refractivity contribution in [2.75, 3.05) is 36.5 Å². The molecule has 1 saturated heterocycles. The number of fused-ring (bicyclic) bond motifs is 1. The molecule has 2 aromatic carbocycles. The zero-order chi connectivity index (χ0) is 20.3. The topological polar surface area (TPSA) is 83.7 Å². The predicted molar refractivity (Wildman–Crippen MR) is 116 cm³/mol. The van der Waals surface area contributed by atoms with E-state index in [0.29, 0.717) is 31.2 Å². The van der Waals surface area contributed by atoms with Crippen molar-refractivity contribution >= 4 is 22.6 Å². The lowest BCUT2D eigenvalue weighted by Crippen LogP contribution is -2.37. The lowest BCUT2D eigenvalue weighted by Gasteiger charge is -2.27. The van der Waals surface area contributed by atoms with Crippen molar-refractivity contribution in [2.45, 2.75) is 6.54 Å². The highest BCUT2D eigenvalue weighted by Gasteiger charge is 2.20. The van der Waals surface area contributed by atoms with Crippen LogP contribution in [-0.2, 0) is 11.3 Å². The summed E-state index contributed by atoms with van der Waals surface area (Å²) in [5, 5.41) is 13.7. The van der Waals surface area contributed by atoms with E-state index in [1.54, 1.807) is 18.4 Å². The van der Waals surface area contributed by atoms with Crippen LogP contribution in [0, 0.1) is 0 Å². The smallest absolute Gasteiger partial charge is 0.194 e. The van der Waals surface area contributed by atoms with Crippen LogP contribution >= 0.6 is 0 Å². The summed E-state index contributed by atoms with van der Waals surface area (Å²) in [6, 6.07) is 17.3. The quantitative estimate of drug-likeness (QED) is 0.521. The Bertz CT molecular complexity index is 1150. The second-order valence-corrected chi connectivity index (χ2v) is 7.21. The molecule has 2 aromatic heterocycles. The van der Waals surface area contributed by atoms with Gasteiger partial charge in [0.15, 0.2) is 17.2 Å². The minimum absolute atomic E-state index is 0.159. The zero-order valence-electron chi connectivity index (χ0n) is 16.4. The molecule has 0 radical (unpaired) electrons. The fraction of sp³-hybridized carbons (Fsp3) is 0.217. The van der Waals surface area contributed by atoms with E-state index in [2.05, 4.69) is 27.3 Å². The number of rotatable bonds is 5. The van der Waals surface area contributed by atoms with Crippen LogP contribution in [0.25, 0.3) is 22.5 Å². The van der Waals surface area contributed by atoms with Crippen molar-refractivity contribution in [2.24, 2.45) is 0 Å². The first kappa shape index (κ1) is 18.4. The van der Waals surface area contributed by atoms with Crippen LogP contribution < -0.4 is 10.2 Å². The van der Waals surface area contributed by atoms with Crippen LogP contribution in [0.4, 0.5) is 11.5 Å². The van der Waals surface area contributed by atoms with Crippen molar-refractivity contribution in [3.8, 4) is 17.1 Å². The van der Waals surface area contributed by atoms with E-state index in [0.717, 1.165) is 41.2 Å². The summed E-state index contributed by atoms with van der Waals surface area (Å²) in [6.07, 6.45) is 1.63. The molecule has 1 fully saturated rings. The molecular formula is C23H22N4O3. The number of phenolic OH excluding ortho intramolecular Hbond substituents is 1. The normalized spacial score (nSPS) is 14.2. The van der Waals surface area contributed by atoms with Gasteiger partial charge in [-0.25, -0.2) is 9.97 Å². The van der Waals surface area contributed by atoms with Crippen LogP contribution in [0.2, 0.25) is 0 Å². The molecule has 5 rings (SSSR count). The molecule has 2 N–H and O–H groups in total. The maximum Gasteiger partial charge on any atom is 0.194 e. The summed E-state index contributed by atoms with van der Waals surface area (Å²) in [7, 11) is 0. The van der Waals surface area contributed by atoms with Gasteiger partial charge in [0.25, 0.3) is 0 Å². The standard InChI is InChI=1S/C23H22N4O3/c28-19-13-17(12-18(14-19)24-15-16-4-2-1-3-5-16)22-25-20-6-9-30-21(20)23(26-22)27-7-10-29-11-8-27/h1-6,9,12-14,24,28H,7-8,10-11,15H2. The van der Waals surface area contributed by atoms with Gasteiger partial charge in [-0.1, -0.05) is 30.3 Å². The third-order valence-corrected chi connectivity index (χ3v) is 5.11. The predicted octanol–water partition coefficient (Wildman–Crippen LogP) is 4.04. The first-order valence-electron chi connectivity index (χ1n) is 9.96. The van der Waals surface area contributed by atoms with Crippen LogP contribution in [-0.4, -0.2) is 41.4 Å². The Morgan fingerprint density at radius 2 is 1.83 bits per heavy atom. The van der Waals surface area contributed by atoms with E-state index in [1.165, 1.54) is 0 Å². The highest BCUT2D eigenvalue weighted by Crippen LogP contribution is 2.31. The molecule has 0 atom stereocenters. The Morgan fingerprint density at radius 1 is 1.00 bits per heavy atom. The summed E-state index contributed by atoms with van der Waals surface area (Å²) in [5.74, 6) is 1.46. The SMILES string of the molecule is Oc1cc(NCc2ccccc2)cc(-c2nc(N3CCOCC3)c3occc3n2)c1. The lowest BCUT2D eigenvalue weighted by atomic mass is 10.1. The molecule has 4 aromatic rings. The minimum Gasteiger partial charge on any atom is -0.508 e.